The molecule has 0 unspecified atom stereocenters. The third-order valence-corrected chi connectivity index (χ3v) is 2.47. The molecule has 2 N–H and O–H groups in total. The fraction of sp³-hybridized carbons (Fsp3) is 0.333. The van der Waals surface area contributed by atoms with Gasteiger partial charge in [0.2, 0.25) is 0 Å². The van der Waals surface area contributed by atoms with Crippen molar-refractivity contribution in [3.63, 3.8) is 0 Å². The molecule has 1 aromatic heterocycles. The number of benzene rings is 1. The Kier molecular flexibility index (Phi) is 3.37. The van der Waals surface area contributed by atoms with Crippen LogP contribution in [0.5, 0.6) is 0 Å². The van der Waals surface area contributed by atoms with Gasteiger partial charge >= 0.3 is 0 Å². The second kappa shape index (κ2) is 4.95. The van der Waals surface area contributed by atoms with Gasteiger partial charge in [0.1, 0.15) is 5.82 Å². The fourth-order valence-corrected chi connectivity index (χ4v) is 1.47. The van der Waals surface area contributed by atoms with E-state index in [0.29, 0.717) is 17.3 Å². The summed E-state index contributed by atoms with van der Waals surface area (Å²) >= 11 is 0. The van der Waals surface area contributed by atoms with E-state index < -0.39 is 5.82 Å². The largest absolute Gasteiger partial charge is 0.396 e. The van der Waals surface area contributed by atoms with Crippen LogP contribution in [0.3, 0.4) is 0 Å². The van der Waals surface area contributed by atoms with Crippen LogP contribution >= 0.6 is 0 Å². The Morgan fingerprint density at radius 1 is 1.41 bits per heavy atom. The number of aryl methyl sites for hydroxylation is 1. The quantitative estimate of drug-likeness (QED) is 0.827. The van der Waals surface area contributed by atoms with Crippen molar-refractivity contribution in [3.8, 4) is 11.5 Å². The zero-order valence-electron chi connectivity index (χ0n) is 9.61. The van der Waals surface area contributed by atoms with Gasteiger partial charge in [-0.05, 0) is 24.6 Å². The Morgan fingerprint density at radius 3 is 2.94 bits per heavy atom. The molecule has 1 heterocycles. The van der Waals surface area contributed by atoms with Gasteiger partial charge in [0, 0.05) is 12.0 Å². The summed E-state index contributed by atoms with van der Waals surface area (Å²) in [5.41, 5.74) is 6.05. The molecule has 0 aliphatic heterocycles. The molecular formula is C12H14FN3O. The molecule has 4 nitrogen and oxygen atoms in total. The number of anilines is 1. The van der Waals surface area contributed by atoms with Crippen LogP contribution < -0.4 is 5.73 Å². The summed E-state index contributed by atoms with van der Waals surface area (Å²) < 4.78 is 18.3. The van der Waals surface area contributed by atoms with E-state index in [9.17, 15) is 4.39 Å². The normalized spacial score (nSPS) is 10.7. The molecule has 0 saturated heterocycles. The highest BCUT2D eigenvalue weighted by atomic mass is 19.1. The zero-order valence-corrected chi connectivity index (χ0v) is 9.61. The molecule has 0 radical (unpaired) electrons. The van der Waals surface area contributed by atoms with Crippen molar-refractivity contribution >= 4 is 5.69 Å². The number of rotatable bonds is 4. The third kappa shape index (κ3) is 2.61. The van der Waals surface area contributed by atoms with Gasteiger partial charge in [-0.15, -0.1) is 0 Å². The topological polar surface area (TPSA) is 64.9 Å². The second-order valence-electron chi connectivity index (χ2n) is 3.86. The average molecular weight is 235 g/mol. The molecule has 0 spiro atoms. The van der Waals surface area contributed by atoms with Gasteiger partial charge in [-0.25, -0.2) is 4.39 Å². The standard InChI is InChI=1S/C12H14FN3O/c1-2-3-4-11-15-12(17-16-11)8-5-6-10(14)9(13)7-8/h5-7H,2-4,14H2,1H3. The molecule has 1 aromatic carbocycles. The monoisotopic (exact) mass is 235 g/mol. The SMILES string of the molecule is CCCCc1noc(-c2ccc(N)c(F)c2)n1. The molecule has 2 aromatic rings. The number of halogens is 1. The summed E-state index contributed by atoms with van der Waals surface area (Å²) in [5, 5.41) is 3.84. The lowest BCUT2D eigenvalue weighted by Gasteiger charge is -1.97. The summed E-state index contributed by atoms with van der Waals surface area (Å²) in [5.74, 6) is 0.505. The maximum atomic E-state index is 13.3. The molecule has 0 atom stereocenters. The Morgan fingerprint density at radius 2 is 2.24 bits per heavy atom. The van der Waals surface area contributed by atoms with Gasteiger partial charge in [-0.3, -0.25) is 0 Å². The van der Waals surface area contributed by atoms with E-state index >= 15 is 0 Å². The number of unbranched alkanes of at least 4 members (excludes halogenated alkanes) is 1. The van der Waals surface area contributed by atoms with E-state index in [1.165, 1.54) is 12.1 Å². The summed E-state index contributed by atoms with van der Waals surface area (Å²) in [7, 11) is 0. The van der Waals surface area contributed by atoms with Crippen molar-refractivity contribution in [1.82, 2.24) is 10.1 Å². The van der Waals surface area contributed by atoms with Gasteiger partial charge < -0.3 is 10.3 Å². The lowest BCUT2D eigenvalue weighted by atomic mass is 10.2. The number of hydrogen-bond donors (Lipinski definition) is 1. The van der Waals surface area contributed by atoms with Crippen LogP contribution in [0.15, 0.2) is 22.7 Å². The van der Waals surface area contributed by atoms with Crippen molar-refractivity contribution in [2.75, 3.05) is 5.73 Å². The first-order valence-electron chi connectivity index (χ1n) is 5.58. The Bertz CT molecular complexity index is 510. The Labute approximate surface area is 98.6 Å². The van der Waals surface area contributed by atoms with Gasteiger partial charge in [-0.2, -0.15) is 4.98 Å². The van der Waals surface area contributed by atoms with Gasteiger partial charge in [0.25, 0.3) is 5.89 Å². The molecule has 0 aliphatic carbocycles. The van der Waals surface area contributed by atoms with Crippen molar-refractivity contribution in [1.29, 1.82) is 0 Å². The molecule has 17 heavy (non-hydrogen) atoms. The minimum atomic E-state index is -0.476. The maximum Gasteiger partial charge on any atom is 0.258 e. The second-order valence-corrected chi connectivity index (χ2v) is 3.86. The minimum Gasteiger partial charge on any atom is -0.396 e. The lowest BCUT2D eigenvalue weighted by Crippen LogP contribution is -1.91. The van der Waals surface area contributed by atoms with Crippen LogP contribution in [0.25, 0.3) is 11.5 Å². The molecule has 0 saturated carbocycles. The van der Waals surface area contributed by atoms with E-state index in [2.05, 4.69) is 17.1 Å². The highest BCUT2D eigenvalue weighted by Gasteiger charge is 2.10. The van der Waals surface area contributed by atoms with Crippen LogP contribution in [0.1, 0.15) is 25.6 Å². The number of nitrogens with zero attached hydrogens (tertiary/aromatic N) is 2. The van der Waals surface area contributed by atoms with Crippen LogP contribution in [-0.4, -0.2) is 10.1 Å². The van der Waals surface area contributed by atoms with E-state index in [1.54, 1.807) is 6.07 Å². The predicted octanol–water partition coefficient (Wildman–Crippen LogP) is 2.80. The van der Waals surface area contributed by atoms with E-state index in [4.69, 9.17) is 10.3 Å². The molecular weight excluding hydrogens is 221 g/mol. The Balaban J connectivity index is 2.21. The molecule has 2 rings (SSSR count). The van der Waals surface area contributed by atoms with Gasteiger partial charge in [0.15, 0.2) is 5.82 Å². The van der Waals surface area contributed by atoms with Crippen molar-refractivity contribution in [3.05, 3.63) is 29.8 Å². The number of nitrogen functional groups attached to an aromatic ring is 1. The fourth-order valence-electron chi connectivity index (χ4n) is 1.47. The minimum absolute atomic E-state index is 0.111. The molecule has 5 heteroatoms. The summed E-state index contributed by atoms with van der Waals surface area (Å²) in [6, 6.07) is 4.45. The highest BCUT2D eigenvalue weighted by molar-refractivity contribution is 5.57. The Hall–Kier alpha value is -1.91. The molecule has 0 amide bonds. The third-order valence-electron chi connectivity index (χ3n) is 2.47. The van der Waals surface area contributed by atoms with Gasteiger partial charge in [0.05, 0.1) is 5.69 Å². The maximum absolute atomic E-state index is 13.3. The van der Waals surface area contributed by atoms with E-state index in [1.807, 2.05) is 0 Å². The van der Waals surface area contributed by atoms with E-state index in [0.717, 1.165) is 19.3 Å². The first kappa shape index (κ1) is 11.6. The number of hydrogen-bond acceptors (Lipinski definition) is 4. The van der Waals surface area contributed by atoms with Crippen LogP contribution in [0.4, 0.5) is 10.1 Å². The zero-order chi connectivity index (χ0) is 12.3. The van der Waals surface area contributed by atoms with Crippen molar-refractivity contribution in [2.45, 2.75) is 26.2 Å². The number of nitrogens with two attached hydrogens (primary N) is 1. The van der Waals surface area contributed by atoms with Crippen LogP contribution in [-0.2, 0) is 6.42 Å². The molecule has 0 bridgehead atoms. The molecule has 0 fully saturated rings. The number of aromatic nitrogens is 2. The van der Waals surface area contributed by atoms with Crippen molar-refractivity contribution < 1.29 is 8.91 Å². The first-order valence-corrected chi connectivity index (χ1v) is 5.58. The van der Waals surface area contributed by atoms with Crippen LogP contribution in [0.2, 0.25) is 0 Å². The van der Waals surface area contributed by atoms with Crippen LogP contribution in [0, 0.1) is 5.82 Å². The highest BCUT2D eigenvalue weighted by Crippen LogP contribution is 2.21. The van der Waals surface area contributed by atoms with Gasteiger partial charge in [-0.1, -0.05) is 18.5 Å². The summed E-state index contributed by atoms with van der Waals surface area (Å²) in [6.45, 7) is 2.09. The average Bonchev–Trinajstić information content (AvgIpc) is 2.79. The van der Waals surface area contributed by atoms with E-state index in [-0.39, 0.29) is 5.69 Å². The molecule has 0 aliphatic rings. The summed E-state index contributed by atoms with van der Waals surface area (Å²) in [4.78, 5) is 4.20. The predicted molar refractivity (Wildman–Crippen MR) is 62.7 cm³/mol. The van der Waals surface area contributed by atoms with Crippen molar-refractivity contribution in [2.24, 2.45) is 0 Å². The smallest absolute Gasteiger partial charge is 0.258 e. The first-order chi connectivity index (χ1) is 8.20. The molecule has 90 valence electrons. The lowest BCUT2D eigenvalue weighted by molar-refractivity contribution is 0.421. The summed E-state index contributed by atoms with van der Waals surface area (Å²) in [6.07, 6.45) is 2.85.